The molecule has 130 valence electrons. The van der Waals surface area contributed by atoms with E-state index < -0.39 is 0 Å². The first-order valence-corrected chi connectivity index (χ1v) is 8.75. The van der Waals surface area contributed by atoms with Crippen molar-refractivity contribution in [1.82, 2.24) is 4.98 Å². The first-order chi connectivity index (χ1) is 11.8. The summed E-state index contributed by atoms with van der Waals surface area (Å²) in [5.41, 5.74) is 13.1. The Bertz CT molecular complexity index is 589. The summed E-state index contributed by atoms with van der Waals surface area (Å²) in [5, 5.41) is 3.48. The number of aliphatic imine (C=N–C) groups is 1. The van der Waals surface area contributed by atoms with Crippen molar-refractivity contribution >= 4 is 17.6 Å². The Balaban J connectivity index is 1.62. The zero-order valence-electron chi connectivity index (χ0n) is 14.0. The van der Waals surface area contributed by atoms with Crippen LogP contribution in [-0.2, 0) is 4.74 Å². The lowest BCUT2D eigenvalue weighted by Gasteiger charge is -2.31. The van der Waals surface area contributed by atoms with Crippen LogP contribution >= 0.6 is 0 Å². The normalized spacial score (nSPS) is 25.6. The molecule has 1 aliphatic carbocycles. The highest BCUT2D eigenvalue weighted by Crippen LogP contribution is 2.29. The number of anilines is 1. The maximum absolute atomic E-state index is 5.79. The Hall–Kier alpha value is -1.92. The van der Waals surface area contributed by atoms with E-state index in [0.717, 1.165) is 62.5 Å². The molecule has 0 radical (unpaired) electrons. The SMILES string of the molecule is NC=C(C=NC1CC(CN)C1)c1cccc(NC2CCOCC2)n1. The lowest BCUT2D eigenvalue weighted by molar-refractivity contribution is 0.0904. The molecule has 0 unspecified atom stereocenters. The first-order valence-electron chi connectivity index (χ1n) is 8.75. The topological polar surface area (TPSA) is 98.5 Å². The average molecular weight is 329 g/mol. The van der Waals surface area contributed by atoms with E-state index in [0.29, 0.717) is 18.0 Å². The lowest BCUT2D eigenvalue weighted by atomic mass is 9.81. The van der Waals surface area contributed by atoms with Gasteiger partial charge < -0.3 is 21.5 Å². The minimum Gasteiger partial charge on any atom is -0.404 e. The zero-order valence-corrected chi connectivity index (χ0v) is 14.0. The van der Waals surface area contributed by atoms with Crippen molar-refractivity contribution in [2.24, 2.45) is 22.4 Å². The van der Waals surface area contributed by atoms with Crippen LogP contribution in [0.25, 0.3) is 5.57 Å². The number of nitrogens with zero attached hydrogens (tertiary/aromatic N) is 2. The van der Waals surface area contributed by atoms with Crippen molar-refractivity contribution in [3.05, 3.63) is 30.1 Å². The second-order valence-electron chi connectivity index (χ2n) is 6.57. The van der Waals surface area contributed by atoms with Gasteiger partial charge in [-0.05, 0) is 50.3 Å². The second-order valence-corrected chi connectivity index (χ2v) is 6.57. The van der Waals surface area contributed by atoms with Crippen LogP contribution < -0.4 is 16.8 Å². The van der Waals surface area contributed by atoms with Gasteiger partial charge in [-0.2, -0.15) is 0 Å². The van der Waals surface area contributed by atoms with E-state index in [1.54, 1.807) is 6.20 Å². The molecule has 0 atom stereocenters. The zero-order chi connectivity index (χ0) is 16.8. The maximum Gasteiger partial charge on any atom is 0.126 e. The number of aromatic nitrogens is 1. The fourth-order valence-corrected chi connectivity index (χ4v) is 3.12. The molecular weight excluding hydrogens is 302 g/mol. The third kappa shape index (κ3) is 4.33. The molecule has 2 fully saturated rings. The van der Waals surface area contributed by atoms with Crippen molar-refractivity contribution in [3.63, 3.8) is 0 Å². The summed E-state index contributed by atoms with van der Waals surface area (Å²) < 4.78 is 5.39. The molecule has 0 aromatic carbocycles. The van der Waals surface area contributed by atoms with Gasteiger partial charge in [0, 0.05) is 37.2 Å². The molecule has 2 aliphatic rings. The first kappa shape index (κ1) is 16.9. The van der Waals surface area contributed by atoms with Crippen molar-refractivity contribution in [2.75, 3.05) is 25.1 Å². The van der Waals surface area contributed by atoms with Crippen LogP contribution in [-0.4, -0.2) is 43.0 Å². The van der Waals surface area contributed by atoms with E-state index in [2.05, 4.69) is 15.3 Å². The van der Waals surface area contributed by atoms with Crippen LogP contribution in [0.5, 0.6) is 0 Å². The molecule has 5 N–H and O–H groups in total. The van der Waals surface area contributed by atoms with E-state index in [9.17, 15) is 0 Å². The summed E-state index contributed by atoms with van der Waals surface area (Å²) in [6.07, 6.45) is 7.59. The van der Waals surface area contributed by atoms with Gasteiger partial charge in [-0.15, -0.1) is 0 Å². The minimum atomic E-state index is 0.372. The van der Waals surface area contributed by atoms with Crippen molar-refractivity contribution in [2.45, 2.75) is 37.8 Å². The number of allylic oxidation sites excluding steroid dienone is 1. The predicted octanol–water partition coefficient (Wildman–Crippen LogP) is 1.78. The molecule has 24 heavy (non-hydrogen) atoms. The van der Waals surface area contributed by atoms with Gasteiger partial charge >= 0.3 is 0 Å². The number of hydrogen-bond donors (Lipinski definition) is 3. The van der Waals surface area contributed by atoms with Crippen molar-refractivity contribution in [1.29, 1.82) is 0 Å². The van der Waals surface area contributed by atoms with E-state index in [1.165, 1.54) is 0 Å². The summed E-state index contributed by atoms with van der Waals surface area (Å²) in [5.74, 6) is 1.50. The summed E-state index contributed by atoms with van der Waals surface area (Å²) in [6.45, 7) is 2.37. The summed E-state index contributed by atoms with van der Waals surface area (Å²) in [4.78, 5) is 9.29. The Kier molecular flexibility index (Phi) is 5.82. The number of nitrogens with one attached hydrogen (secondary N) is 1. The molecule has 3 rings (SSSR count). The van der Waals surface area contributed by atoms with E-state index >= 15 is 0 Å². The van der Waals surface area contributed by atoms with E-state index in [-0.39, 0.29) is 0 Å². The van der Waals surface area contributed by atoms with Crippen LogP contribution in [0.1, 0.15) is 31.4 Å². The van der Waals surface area contributed by atoms with Crippen LogP contribution in [0.2, 0.25) is 0 Å². The van der Waals surface area contributed by atoms with Gasteiger partial charge in [0.2, 0.25) is 0 Å². The van der Waals surface area contributed by atoms with Gasteiger partial charge in [0.1, 0.15) is 5.82 Å². The maximum atomic E-state index is 5.79. The van der Waals surface area contributed by atoms with Crippen molar-refractivity contribution in [3.8, 4) is 0 Å². The quantitative estimate of drug-likeness (QED) is 0.691. The van der Waals surface area contributed by atoms with E-state index in [4.69, 9.17) is 16.2 Å². The number of pyridine rings is 1. The average Bonchev–Trinajstić information content (AvgIpc) is 2.58. The van der Waals surface area contributed by atoms with Gasteiger partial charge in [-0.1, -0.05) is 6.07 Å². The molecule has 1 aromatic heterocycles. The lowest BCUT2D eigenvalue weighted by Crippen LogP contribution is -2.32. The fourth-order valence-electron chi connectivity index (χ4n) is 3.12. The largest absolute Gasteiger partial charge is 0.404 e. The van der Waals surface area contributed by atoms with Gasteiger partial charge in [-0.25, -0.2) is 4.98 Å². The third-order valence-corrected chi connectivity index (χ3v) is 4.77. The molecule has 0 bridgehead atoms. The molecular formula is C18H27N5O. The molecule has 0 spiro atoms. The molecule has 1 aromatic rings. The highest BCUT2D eigenvalue weighted by molar-refractivity contribution is 6.09. The number of nitrogens with two attached hydrogens (primary N) is 2. The summed E-state index contributed by atoms with van der Waals surface area (Å²) >= 11 is 0. The Morgan fingerprint density at radius 2 is 2.12 bits per heavy atom. The Morgan fingerprint density at radius 1 is 1.33 bits per heavy atom. The Labute approximate surface area is 143 Å². The van der Waals surface area contributed by atoms with Gasteiger partial charge in [-0.3, -0.25) is 4.99 Å². The van der Waals surface area contributed by atoms with Gasteiger partial charge in [0.05, 0.1) is 11.7 Å². The molecule has 2 heterocycles. The van der Waals surface area contributed by atoms with E-state index in [1.807, 2.05) is 24.4 Å². The second kappa shape index (κ2) is 8.26. The molecule has 6 heteroatoms. The number of hydrogen-bond acceptors (Lipinski definition) is 6. The highest BCUT2D eigenvalue weighted by Gasteiger charge is 2.26. The third-order valence-electron chi connectivity index (χ3n) is 4.77. The molecule has 0 amide bonds. The fraction of sp³-hybridized carbons (Fsp3) is 0.556. The number of rotatable bonds is 6. The predicted molar refractivity (Wildman–Crippen MR) is 97.9 cm³/mol. The molecule has 1 saturated carbocycles. The van der Waals surface area contributed by atoms with Crippen molar-refractivity contribution < 1.29 is 4.74 Å². The summed E-state index contributed by atoms with van der Waals surface area (Å²) in [7, 11) is 0. The molecule has 1 aliphatic heterocycles. The van der Waals surface area contributed by atoms with Crippen LogP contribution in [0.3, 0.4) is 0 Å². The van der Waals surface area contributed by atoms with Gasteiger partial charge in [0.25, 0.3) is 0 Å². The Morgan fingerprint density at radius 3 is 2.83 bits per heavy atom. The smallest absolute Gasteiger partial charge is 0.126 e. The standard InChI is InChI=1S/C18H27N5O/c19-10-13-8-16(9-13)21-12-14(11-20)17-2-1-3-18(23-17)22-15-4-6-24-7-5-15/h1-3,11-13,15-16H,4-10,19-20H2,(H,22,23). The molecule has 1 saturated heterocycles. The van der Waals surface area contributed by atoms with Crippen LogP contribution in [0.15, 0.2) is 29.4 Å². The summed E-state index contributed by atoms with van der Waals surface area (Å²) in [6, 6.07) is 6.74. The minimum absolute atomic E-state index is 0.372. The highest BCUT2D eigenvalue weighted by atomic mass is 16.5. The van der Waals surface area contributed by atoms with Crippen LogP contribution in [0, 0.1) is 5.92 Å². The molecule has 6 nitrogen and oxygen atoms in total. The van der Waals surface area contributed by atoms with Crippen LogP contribution in [0.4, 0.5) is 5.82 Å². The number of ether oxygens (including phenoxy) is 1. The monoisotopic (exact) mass is 329 g/mol. The van der Waals surface area contributed by atoms with Gasteiger partial charge in [0.15, 0.2) is 0 Å².